The van der Waals surface area contributed by atoms with Crippen LogP contribution in [0.3, 0.4) is 0 Å². The van der Waals surface area contributed by atoms with Gasteiger partial charge in [0.15, 0.2) is 0 Å². The largest absolute Gasteiger partial charge is 0.370 e. The fraction of sp³-hybridized carbons (Fsp3) is 0.476. The Morgan fingerprint density at radius 2 is 2.00 bits per heavy atom. The van der Waals surface area contributed by atoms with Gasteiger partial charge in [-0.25, -0.2) is 4.68 Å². The van der Waals surface area contributed by atoms with Crippen LogP contribution < -0.4 is 15.8 Å². The predicted octanol–water partition coefficient (Wildman–Crippen LogP) is 3.13. The number of hydrogen-bond acceptors (Lipinski definition) is 4. The minimum atomic E-state index is -0.0656. The Labute approximate surface area is 160 Å². The van der Waals surface area contributed by atoms with E-state index in [1.165, 1.54) is 10.2 Å². The van der Waals surface area contributed by atoms with E-state index in [-0.39, 0.29) is 17.4 Å². The summed E-state index contributed by atoms with van der Waals surface area (Å²) < 4.78 is 1.49. The van der Waals surface area contributed by atoms with Crippen molar-refractivity contribution >= 4 is 17.3 Å². The molecular weight excluding hydrogens is 340 g/mol. The molecule has 1 aliphatic heterocycles. The molecule has 1 N–H and O–H groups in total. The predicted molar refractivity (Wildman–Crippen MR) is 108 cm³/mol. The van der Waals surface area contributed by atoms with Crippen molar-refractivity contribution in [1.82, 2.24) is 9.78 Å². The zero-order chi connectivity index (χ0) is 19.4. The van der Waals surface area contributed by atoms with Crippen LogP contribution in [0.1, 0.15) is 37.3 Å². The van der Waals surface area contributed by atoms with Gasteiger partial charge in [-0.1, -0.05) is 19.1 Å². The molecule has 1 aromatic carbocycles. The van der Waals surface area contributed by atoms with Crippen LogP contribution >= 0.6 is 0 Å². The molecule has 1 aliphatic rings. The number of anilines is 2. The lowest BCUT2D eigenvalue weighted by atomic mass is 9.95. The van der Waals surface area contributed by atoms with Crippen LogP contribution in [0, 0.1) is 19.8 Å². The molecule has 1 fully saturated rings. The molecule has 2 aromatic rings. The summed E-state index contributed by atoms with van der Waals surface area (Å²) >= 11 is 0. The average Bonchev–Trinajstić information content (AvgIpc) is 2.67. The van der Waals surface area contributed by atoms with Gasteiger partial charge in [-0.05, 0) is 50.3 Å². The fourth-order valence-corrected chi connectivity index (χ4v) is 3.50. The molecule has 3 rings (SSSR count). The lowest BCUT2D eigenvalue weighted by Crippen LogP contribution is -2.39. The van der Waals surface area contributed by atoms with E-state index in [9.17, 15) is 9.59 Å². The molecule has 0 spiro atoms. The Kier molecular flexibility index (Phi) is 5.94. The first-order valence-electron chi connectivity index (χ1n) is 9.68. The van der Waals surface area contributed by atoms with Gasteiger partial charge < -0.3 is 10.2 Å². The number of carbonyl (C=O) groups excluding carboxylic acids is 1. The molecule has 6 nitrogen and oxygen atoms in total. The standard InChI is InChI=1S/C21H28N4O2/c1-4-10-25-20(26)13-18(14-22-25)24-11-8-17(9-12-24)21(27)23-19-7-5-6-15(2)16(19)3/h5-7,13-14,17H,4,8-12H2,1-3H3,(H,23,27). The SMILES string of the molecule is CCCn1ncc(N2CCC(C(=O)Nc3cccc(C)c3C)CC2)cc1=O. The fourth-order valence-electron chi connectivity index (χ4n) is 3.50. The normalized spacial score (nSPS) is 15.0. The van der Waals surface area contributed by atoms with Crippen molar-refractivity contribution in [2.24, 2.45) is 5.92 Å². The van der Waals surface area contributed by atoms with Gasteiger partial charge in [-0.3, -0.25) is 9.59 Å². The maximum atomic E-state index is 12.6. The third-order valence-electron chi connectivity index (χ3n) is 5.38. The molecule has 2 heterocycles. The van der Waals surface area contributed by atoms with Crippen molar-refractivity contribution in [2.45, 2.75) is 46.6 Å². The number of rotatable bonds is 5. The molecule has 144 valence electrons. The molecule has 6 heteroatoms. The number of aromatic nitrogens is 2. The Morgan fingerprint density at radius 1 is 1.26 bits per heavy atom. The second-order valence-electron chi connectivity index (χ2n) is 7.27. The van der Waals surface area contributed by atoms with Crippen LogP contribution in [-0.4, -0.2) is 28.8 Å². The van der Waals surface area contributed by atoms with Gasteiger partial charge in [0.2, 0.25) is 5.91 Å². The van der Waals surface area contributed by atoms with E-state index in [2.05, 4.69) is 15.3 Å². The van der Waals surface area contributed by atoms with Crippen LogP contribution in [-0.2, 0) is 11.3 Å². The van der Waals surface area contributed by atoms with Gasteiger partial charge in [0.1, 0.15) is 0 Å². The second kappa shape index (κ2) is 8.37. The highest BCUT2D eigenvalue weighted by Crippen LogP contribution is 2.24. The van der Waals surface area contributed by atoms with Crippen LogP contribution in [0.4, 0.5) is 11.4 Å². The Morgan fingerprint density at radius 3 is 2.67 bits per heavy atom. The van der Waals surface area contributed by atoms with Crippen molar-refractivity contribution in [1.29, 1.82) is 0 Å². The van der Waals surface area contributed by atoms with Crippen molar-refractivity contribution in [3.63, 3.8) is 0 Å². The van der Waals surface area contributed by atoms with Gasteiger partial charge in [0.05, 0.1) is 11.9 Å². The number of nitrogens with one attached hydrogen (secondary N) is 1. The Hall–Kier alpha value is -2.63. The summed E-state index contributed by atoms with van der Waals surface area (Å²) in [6.45, 7) is 8.25. The number of nitrogens with zero attached hydrogens (tertiary/aromatic N) is 3. The second-order valence-corrected chi connectivity index (χ2v) is 7.27. The molecule has 0 saturated carbocycles. The van der Waals surface area contributed by atoms with E-state index >= 15 is 0 Å². The number of amides is 1. The van der Waals surface area contributed by atoms with E-state index < -0.39 is 0 Å². The summed E-state index contributed by atoms with van der Waals surface area (Å²) in [5, 5.41) is 7.34. The molecule has 0 bridgehead atoms. The summed E-state index contributed by atoms with van der Waals surface area (Å²) in [6.07, 6.45) is 4.18. The van der Waals surface area contributed by atoms with Crippen molar-refractivity contribution in [3.8, 4) is 0 Å². The van der Waals surface area contributed by atoms with Crippen LogP contribution in [0.2, 0.25) is 0 Å². The van der Waals surface area contributed by atoms with Crippen LogP contribution in [0.15, 0.2) is 35.3 Å². The molecule has 1 aromatic heterocycles. The topological polar surface area (TPSA) is 67.2 Å². The lowest BCUT2D eigenvalue weighted by Gasteiger charge is -2.32. The summed E-state index contributed by atoms with van der Waals surface area (Å²) in [6, 6.07) is 7.62. The molecule has 1 saturated heterocycles. The van der Waals surface area contributed by atoms with E-state index in [1.54, 1.807) is 12.3 Å². The zero-order valence-electron chi connectivity index (χ0n) is 16.4. The third kappa shape index (κ3) is 4.38. The molecule has 0 radical (unpaired) electrons. The van der Waals surface area contributed by atoms with Gasteiger partial charge in [-0.15, -0.1) is 0 Å². The summed E-state index contributed by atoms with van der Waals surface area (Å²) in [5.74, 6) is 0.0782. The first-order chi connectivity index (χ1) is 13.0. The number of hydrogen-bond donors (Lipinski definition) is 1. The zero-order valence-corrected chi connectivity index (χ0v) is 16.4. The minimum absolute atomic E-state index is 0.00502. The molecule has 0 unspecified atom stereocenters. The van der Waals surface area contributed by atoms with Crippen molar-refractivity contribution < 1.29 is 4.79 Å². The quantitative estimate of drug-likeness (QED) is 0.880. The average molecular weight is 368 g/mol. The summed E-state index contributed by atoms with van der Waals surface area (Å²) in [5.41, 5.74) is 3.96. The molecule has 0 atom stereocenters. The monoisotopic (exact) mass is 368 g/mol. The Bertz CT molecular complexity index is 867. The maximum Gasteiger partial charge on any atom is 0.268 e. The molecular formula is C21H28N4O2. The third-order valence-corrected chi connectivity index (χ3v) is 5.38. The van der Waals surface area contributed by atoms with Crippen molar-refractivity contribution in [3.05, 3.63) is 51.9 Å². The minimum Gasteiger partial charge on any atom is -0.370 e. The number of benzene rings is 1. The van der Waals surface area contributed by atoms with Crippen molar-refractivity contribution in [2.75, 3.05) is 23.3 Å². The van der Waals surface area contributed by atoms with E-state index in [4.69, 9.17) is 0 Å². The van der Waals surface area contributed by atoms with E-state index in [0.717, 1.165) is 49.3 Å². The maximum absolute atomic E-state index is 12.6. The highest BCUT2D eigenvalue weighted by Gasteiger charge is 2.26. The van der Waals surface area contributed by atoms with E-state index in [1.807, 2.05) is 39.0 Å². The van der Waals surface area contributed by atoms with Gasteiger partial charge >= 0.3 is 0 Å². The smallest absolute Gasteiger partial charge is 0.268 e. The Balaban J connectivity index is 1.60. The van der Waals surface area contributed by atoms with E-state index in [0.29, 0.717) is 6.54 Å². The molecule has 1 amide bonds. The number of carbonyl (C=O) groups is 1. The number of piperidine rings is 1. The first-order valence-corrected chi connectivity index (χ1v) is 9.68. The van der Waals surface area contributed by atoms with Crippen LogP contribution in [0.25, 0.3) is 0 Å². The summed E-state index contributed by atoms with van der Waals surface area (Å²) in [4.78, 5) is 26.9. The highest BCUT2D eigenvalue weighted by molar-refractivity contribution is 5.93. The van der Waals surface area contributed by atoms with Crippen LogP contribution in [0.5, 0.6) is 0 Å². The number of aryl methyl sites for hydroxylation is 2. The molecule has 0 aliphatic carbocycles. The first kappa shape index (κ1) is 19.1. The summed E-state index contributed by atoms with van der Waals surface area (Å²) in [7, 11) is 0. The highest BCUT2D eigenvalue weighted by atomic mass is 16.2. The van der Waals surface area contributed by atoms with Gasteiger partial charge in [-0.2, -0.15) is 5.10 Å². The molecule has 27 heavy (non-hydrogen) atoms. The van der Waals surface area contributed by atoms with Gasteiger partial charge in [0.25, 0.3) is 5.56 Å². The van der Waals surface area contributed by atoms with Gasteiger partial charge in [0, 0.05) is 37.3 Å². The lowest BCUT2D eigenvalue weighted by molar-refractivity contribution is -0.120.